The highest BCUT2D eigenvalue weighted by Gasteiger charge is 2.11. The second-order valence-corrected chi connectivity index (χ2v) is 6.65. The maximum Gasteiger partial charge on any atom is 0.163 e. The van der Waals surface area contributed by atoms with Crippen LogP contribution in [-0.4, -0.2) is 31.3 Å². The van der Waals surface area contributed by atoms with Crippen LogP contribution in [0.25, 0.3) is 11.0 Å². The minimum atomic E-state index is 0.701. The Morgan fingerprint density at radius 1 is 1.33 bits per heavy atom. The molecule has 0 aliphatic heterocycles. The quantitative estimate of drug-likeness (QED) is 0.729. The normalized spacial score (nSPS) is 11.2. The van der Waals surface area contributed by atoms with E-state index in [1.165, 1.54) is 0 Å². The lowest BCUT2D eigenvalue weighted by atomic mass is 10.4. The number of hydrogen-bond acceptors (Lipinski definition) is 7. The Bertz CT molecular complexity index is 763. The second-order valence-electron chi connectivity index (χ2n) is 4.57. The highest BCUT2D eigenvalue weighted by molar-refractivity contribution is 8.00. The minimum absolute atomic E-state index is 0.701. The Morgan fingerprint density at radius 2 is 2.19 bits per heavy atom. The van der Waals surface area contributed by atoms with E-state index in [9.17, 15) is 0 Å². The fourth-order valence-corrected chi connectivity index (χ4v) is 3.66. The van der Waals surface area contributed by atoms with E-state index in [0.717, 1.165) is 39.3 Å². The molecule has 0 atom stereocenters. The first-order valence-corrected chi connectivity index (χ1v) is 8.51. The largest absolute Gasteiger partial charge is 0.370 e. The van der Waals surface area contributed by atoms with Crippen molar-refractivity contribution >= 4 is 39.9 Å². The van der Waals surface area contributed by atoms with Gasteiger partial charge in [-0.3, -0.25) is 4.68 Å². The predicted octanol–water partition coefficient (Wildman–Crippen LogP) is 2.85. The van der Waals surface area contributed by atoms with Crippen LogP contribution >= 0.6 is 23.1 Å². The standard InChI is InChI=1S/C13H16N6S2/c1-4-14-11-9-5-15-19(3)12(9)18-10(17-11)7-21-13-16-8(2)6-20-13/h5-6H,4,7H2,1-3H3,(H,14,17,18). The van der Waals surface area contributed by atoms with Crippen LogP contribution in [0.4, 0.5) is 5.82 Å². The molecule has 0 aliphatic carbocycles. The molecule has 110 valence electrons. The Morgan fingerprint density at radius 3 is 2.90 bits per heavy atom. The highest BCUT2D eigenvalue weighted by Crippen LogP contribution is 2.27. The third-order valence-electron chi connectivity index (χ3n) is 2.91. The van der Waals surface area contributed by atoms with Gasteiger partial charge in [0.1, 0.15) is 11.6 Å². The first-order chi connectivity index (χ1) is 10.2. The van der Waals surface area contributed by atoms with Crippen molar-refractivity contribution in [2.75, 3.05) is 11.9 Å². The van der Waals surface area contributed by atoms with Crippen LogP contribution in [0.3, 0.4) is 0 Å². The summed E-state index contributed by atoms with van der Waals surface area (Å²) in [4.78, 5) is 13.7. The molecular formula is C13H16N6S2. The van der Waals surface area contributed by atoms with E-state index in [1.54, 1.807) is 34.0 Å². The van der Waals surface area contributed by atoms with Crippen molar-refractivity contribution < 1.29 is 0 Å². The van der Waals surface area contributed by atoms with Gasteiger partial charge in [-0.25, -0.2) is 15.0 Å². The molecule has 1 N–H and O–H groups in total. The lowest BCUT2D eigenvalue weighted by molar-refractivity contribution is 0.782. The van der Waals surface area contributed by atoms with Crippen molar-refractivity contribution in [3.8, 4) is 0 Å². The summed E-state index contributed by atoms with van der Waals surface area (Å²) in [5.74, 6) is 2.34. The van der Waals surface area contributed by atoms with Crippen molar-refractivity contribution in [2.45, 2.75) is 23.9 Å². The molecule has 0 spiro atoms. The Kier molecular flexibility index (Phi) is 4.07. The van der Waals surface area contributed by atoms with Gasteiger partial charge in [0.15, 0.2) is 9.99 Å². The van der Waals surface area contributed by atoms with Crippen molar-refractivity contribution in [1.29, 1.82) is 0 Å². The molecular weight excluding hydrogens is 304 g/mol. The molecule has 0 unspecified atom stereocenters. The zero-order valence-corrected chi connectivity index (χ0v) is 13.8. The lowest BCUT2D eigenvalue weighted by Crippen LogP contribution is -2.05. The molecule has 0 aliphatic rings. The van der Waals surface area contributed by atoms with E-state index < -0.39 is 0 Å². The smallest absolute Gasteiger partial charge is 0.163 e. The Hall–Kier alpha value is -1.67. The molecule has 6 nitrogen and oxygen atoms in total. The third kappa shape index (κ3) is 3.01. The monoisotopic (exact) mass is 320 g/mol. The van der Waals surface area contributed by atoms with E-state index in [0.29, 0.717) is 5.75 Å². The van der Waals surface area contributed by atoms with E-state index >= 15 is 0 Å². The summed E-state index contributed by atoms with van der Waals surface area (Å²) in [6.07, 6.45) is 1.80. The zero-order chi connectivity index (χ0) is 14.8. The maximum absolute atomic E-state index is 4.61. The lowest BCUT2D eigenvalue weighted by Gasteiger charge is -2.06. The van der Waals surface area contributed by atoms with E-state index in [4.69, 9.17) is 0 Å². The molecule has 3 rings (SSSR count). The van der Waals surface area contributed by atoms with Gasteiger partial charge in [0, 0.05) is 24.7 Å². The number of nitrogens with zero attached hydrogens (tertiary/aromatic N) is 5. The fourth-order valence-electron chi connectivity index (χ4n) is 1.96. The number of hydrogen-bond donors (Lipinski definition) is 1. The molecule has 3 aromatic heterocycles. The van der Waals surface area contributed by atoms with Crippen LogP contribution in [0.1, 0.15) is 18.4 Å². The van der Waals surface area contributed by atoms with Gasteiger partial charge in [0.25, 0.3) is 0 Å². The zero-order valence-electron chi connectivity index (χ0n) is 12.1. The number of thiazole rings is 1. The Labute approximate surface area is 131 Å². The summed E-state index contributed by atoms with van der Waals surface area (Å²) in [6, 6.07) is 0. The fraction of sp³-hybridized carbons (Fsp3) is 0.385. The first-order valence-electron chi connectivity index (χ1n) is 6.64. The van der Waals surface area contributed by atoms with Crippen molar-refractivity contribution in [2.24, 2.45) is 7.05 Å². The van der Waals surface area contributed by atoms with Crippen LogP contribution in [0.2, 0.25) is 0 Å². The molecule has 3 aromatic rings. The molecule has 0 aromatic carbocycles. The molecule has 8 heteroatoms. The molecule has 0 saturated carbocycles. The molecule has 0 radical (unpaired) electrons. The van der Waals surface area contributed by atoms with Gasteiger partial charge in [-0.05, 0) is 13.8 Å². The van der Waals surface area contributed by atoms with Crippen LogP contribution in [0.15, 0.2) is 15.9 Å². The first kappa shape index (κ1) is 14.3. The number of thioether (sulfide) groups is 1. The number of fused-ring (bicyclic) bond motifs is 1. The third-order valence-corrected chi connectivity index (χ3v) is 5.04. The SMILES string of the molecule is CCNc1nc(CSc2nc(C)cs2)nc2c1cnn2C. The topological polar surface area (TPSA) is 68.5 Å². The van der Waals surface area contributed by atoms with Gasteiger partial charge in [-0.1, -0.05) is 11.8 Å². The van der Waals surface area contributed by atoms with Crippen LogP contribution in [-0.2, 0) is 12.8 Å². The second kappa shape index (κ2) is 5.98. The number of nitrogens with one attached hydrogen (secondary N) is 1. The van der Waals surface area contributed by atoms with E-state index in [2.05, 4.69) is 37.7 Å². The number of aryl methyl sites for hydroxylation is 2. The molecule has 21 heavy (non-hydrogen) atoms. The summed E-state index contributed by atoms with van der Waals surface area (Å²) in [5.41, 5.74) is 1.91. The molecule has 0 bridgehead atoms. The van der Waals surface area contributed by atoms with Crippen molar-refractivity contribution in [1.82, 2.24) is 24.7 Å². The van der Waals surface area contributed by atoms with Crippen LogP contribution < -0.4 is 5.32 Å². The van der Waals surface area contributed by atoms with Crippen molar-refractivity contribution in [3.05, 3.63) is 23.1 Å². The molecule has 0 saturated heterocycles. The number of aromatic nitrogens is 5. The van der Waals surface area contributed by atoms with Gasteiger partial charge in [0.05, 0.1) is 17.3 Å². The molecule has 3 heterocycles. The highest BCUT2D eigenvalue weighted by atomic mass is 32.2. The summed E-state index contributed by atoms with van der Waals surface area (Å²) >= 11 is 3.32. The maximum atomic E-state index is 4.61. The molecule has 0 amide bonds. The van der Waals surface area contributed by atoms with Gasteiger partial charge >= 0.3 is 0 Å². The predicted molar refractivity (Wildman–Crippen MR) is 86.9 cm³/mol. The Balaban J connectivity index is 1.89. The van der Waals surface area contributed by atoms with Gasteiger partial charge < -0.3 is 5.32 Å². The average Bonchev–Trinajstić information content (AvgIpc) is 3.04. The minimum Gasteiger partial charge on any atom is -0.370 e. The van der Waals surface area contributed by atoms with Crippen molar-refractivity contribution in [3.63, 3.8) is 0 Å². The molecule has 0 fully saturated rings. The van der Waals surface area contributed by atoms with Gasteiger partial charge in [-0.15, -0.1) is 11.3 Å². The van der Waals surface area contributed by atoms with E-state index in [-0.39, 0.29) is 0 Å². The number of anilines is 1. The van der Waals surface area contributed by atoms with Gasteiger partial charge in [0.2, 0.25) is 0 Å². The number of rotatable bonds is 5. The summed E-state index contributed by atoms with van der Waals surface area (Å²) < 4.78 is 2.82. The summed E-state index contributed by atoms with van der Waals surface area (Å²) in [7, 11) is 1.90. The summed E-state index contributed by atoms with van der Waals surface area (Å²) in [5, 5.41) is 10.5. The summed E-state index contributed by atoms with van der Waals surface area (Å²) in [6.45, 7) is 4.87. The van der Waals surface area contributed by atoms with Crippen LogP contribution in [0, 0.1) is 6.92 Å². The average molecular weight is 320 g/mol. The van der Waals surface area contributed by atoms with Gasteiger partial charge in [-0.2, -0.15) is 5.10 Å². The van der Waals surface area contributed by atoms with Crippen LogP contribution in [0.5, 0.6) is 0 Å². The van der Waals surface area contributed by atoms with E-state index in [1.807, 2.05) is 14.0 Å².